The molecule has 3 heterocycles. The van der Waals surface area contributed by atoms with Gasteiger partial charge in [-0.2, -0.15) is 13.2 Å². The van der Waals surface area contributed by atoms with Crippen LogP contribution in [-0.4, -0.2) is 55.3 Å². The number of fused-ring (bicyclic) bond motifs is 1. The van der Waals surface area contributed by atoms with E-state index in [-0.39, 0.29) is 16.9 Å². The molecule has 2 aliphatic heterocycles. The molecule has 160 valence electrons. The van der Waals surface area contributed by atoms with E-state index in [2.05, 4.69) is 10.3 Å². The maximum atomic E-state index is 12.8. The Morgan fingerprint density at radius 2 is 1.77 bits per heavy atom. The van der Waals surface area contributed by atoms with E-state index in [0.717, 1.165) is 12.3 Å². The zero-order valence-corrected chi connectivity index (χ0v) is 16.5. The van der Waals surface area contributed by atoms with Gasteiger partial charge in [0.1, 0.15) is 19.0 Å². The molecule has 1 N–H and O–H groups in total. The average molecular weight is 443 g/mol. The minimum atomic E-state index is -4.50. The van der Waals surface area contributed by atoms with Crippen molar-refractivity contribution in [1.82, 2.24) is 9.88 Å². The highest BCUT2D eigenvalue weighted by molar-refractivity contribution is 6.33. The predicted octanol–water partition coefficient (Wildman–Crippen LogP) is 3.88. The number of anilines is 2. The standard InChI is InChI=1S/C19H18ClF3N4O3/c20-14-9-12(19(21,22)23)11-24-17(14)26-3-5-27(6-4-26)18(28)25-13-1-2-15-16(10-13)30-8-7-29-15/h1-2,9-11H,3-8H2,(H,25,28). The van der Waals surface area contributed by atoms with Gasteiger partial charge in [-0.05, 0) is 18.2 Å². The van der Waals surface area contributed by atoms with Gasteiger partial charge in [-0.15, -0.1) is 0 Å². The van der Waals surface area contributed by atoms with E-state index in [9.17, 15) is 18.0 Å². The largest absolute Gasteiger partial charge is 0.486 e. The van der Waals surface area contributed by atoms with Crippen LogP contribution in [0.1, 0.15) is 5.56 Å². The molecule has 0 atom stereocenters. The van der Waals surface area contributed by atoms with Crippen molar-refractivity contribution < 1.29 is 27.4 Å². The van der Waals surface area contributed by atoms with Crippen LogP contribution < -0.4 is 19.7 Å². The monoisotopic (exact) mass is 442 g/mol. The van der Waals surface area contributed by atoms with Crippen LogP contribution in [0, 0.1) is 0 Å². The number of nitrogens with one attached hydrogen (secondary N) is 1. The second kappa shape index (κ2) is 8.10. The van der Waals surface area contributed by atoms with Crippen LogP contribution in [0.15, 0.2) is 30.5 Å². The summed E-state index contributed by atoms with van der Waals surface area (Å²) in [6.07, 6.45) is -3.73. The molecule has 11 heteroatoms. The number of nitrogens with zero attached hydrogens (tertiary/aromatic N) is 3. The molecule has 2 aliphatic rings. The van der Waals surface area contributed by atoms with Crippen molar-refractivity contribution in [3.05, 3.63) is 41.0 Å². The highest BCUT2D eigenvalue weighted by atomic mass is 35.5. The fraction of sp³-hybridized carbons (Fsp3) is 0.368. The van der Waals surface area contributed by atoms with Crippen molar-refractivity contribution in [2.24, 2.45) is 0 Å². The van der Waals surface area contributed by atoms with E-state index in [1.54, 1.807) is 28.0 Å². The Morgan fingerprint density at radius 1 is 1.07 bits per heavy atom. The molecular weight excluding hydrogens is 425 g/mol. The molecule has 30 heavy (non-hydrogen) atoms. The number of urea groups is 1. The summed E-state index contributed by atoms with van der Waals surface area (Å²) in [6, 6.07) is 5.76. The second-order valence-corrected chi connectivity index (χ2v) is 7.20. The lowest BCUT2D eigenvalue weighted by molar-refractivity contribution is -0.137. The summed E-state index contributed by atoms with van der Waals surface area (Å²) in [6.45, 7) is 2.47. The first-order valence-electron chi connectivity index (χ1n) is 9.24. The Hall–Kier alpha value is -2.88. The zero-order chi connectivity index (χ0) is 21.3. The number of aromatic nitrogens is 1. The quantitative estimate of drug-likeness (QED) is 0.764. The number of pyridine rings is 1. The third-order valence-corrected chi connectivity index (χ3v) is 5.09. The molecule has 1 aromatic carbocycles. The minimum absolute atomic E-state index is 0.0704. The van der Waals surface area contributed by atoms with E-state index in [4.69, 9.17) is 21.1 Å². The Balaban J connectivity index is 1.36. The first-order valence-corrected chi connectivity index (χ1v) is 9.62. The molecule has 0 radical (unpaired) electrons. The van der Waals surface area contributed by atoms with Gasteiger partial charge in [0.2, 0.25) is 0 Å². The van der Waals surface area contributed by atoms with Crippen LogP contribution in [0.3, 0.4) is 0 Å². The molecule has 0 unspecified atom stereocenters. The molecule has 0 saturated carbocycles. The lowest BCUT2D eigenvalue weighted by Crippen LogP contribution is -2.50. The van der Waals surface area contributed by atoms with Crippen LogP contribution in [0.4, 0.5) is 29.5 Å². The van der Waals surface area contributed by atoms with Crippen molar-refractivity contribution in [1.29, 1.82) is 0 Å². The lowest BCUT2D eigenvalue weighted by Gasteiger charge is -2.35. The Morgan fingerprint density at radius 3 is 2.43 bits per heavy atom. The van der Waals surface area contributed by atoms with Crippen LogP contribution in [0.25, 0.3) is 0 Å². The summed E-state index contributed by atoms with van der Waals surface area (Å²) in [5.74, 6) is 1.48. The van der Waals surface area contributed by atoms with Gasteiger partial charge in [0.15, 0.2) is 11.5 Å². The summed E-state index contributed by atoms with van der Waals surface area (Å²) < 4.78 is 49.3. The fourth-order valence-corrected chi connectivity index (χ4v) is 3.55. The van der Waals surface area contributed by atoms with Crippen molar-refractivity contribution in [3.8, 4) is 11.5 Å². The van der Waals surface area contributed by atoms with Gasteiger partial charge in [-0.25, -0.2) is 9.78 Å². The Bertz CT molecular complexity index is 949. The van der Waals surface area contributed by atoms with E-state index in [1.165, 1.54) is 0 Å². The smallest absolute Gasteiger partial charge is 0.417 e. The van der Waals surface area contributed by atoms with Gasteiger partial charge < -0.3 is 24.6 Å². The molecule has 0 aliphatic carbocycles. The van der Waals surface area contributed by atoms with E-state index >= 15 is 0 Å². The summed E-state index contributed by atoms with van der Waals surface area (Å²) in [7, 11) is 0. The number of benzene rings is 1. The van der Waals surface area contributed by atoms with Crippen LogP contribution >= 0.6 is 11.6 Å². The number of carbonyl (C=O) groups is 1. The molecule has 2 aromatic rings. The maximum Gasteiger partial charge on any atom is 0.417 e. The summed E-state index contributed by atoms with van der Waals surface area (Å²) in [4.78, 5) is 19.8. The number of halogens is 4. The molecular formula is C19H18ClF3N4O3. The Labute approximate surface area is 175 Å². The molecule has 1 aromatic heterocycles. The highest BCUT2D eigenvalue weighted by Crippen LogP contribution is 2.34. The SMILES string of the molecule is O=C(Nc1ccc2c(c1)OCCO2)N1CCN(c2ncc(C(F)(F)F)cc2Cl)CC1. The molecule has 1 fully saturated rings. The van der Waals surface area contributed by atoms with Gasteiger partial charge in [-0.1, -0.05) is 11.6 Å². The van der Waals surface area contributed by atoms with Gasteiger partial charge in [0.25, 0.3) is 0 Å². The first kappa shape index (κ1) is 20.4. The molecule has 0 bridgehead atoms. The number of rotatable bonds is 2. The first-order chi connectivity index (χ1) is 14.3. The maximum absolute atomic E-state index is 12.8. The van der Waals surface area contributed by atoms with Gasteiger partial charge in [0, 0.05) is 44.1 Å². The molecule has 0 spiro atoms. The molecule has 2 amide bonds. The predicted molar refractivity (Wildman–Crippen MR) is 104 cm³/mol. The number of alkyl halides is 3. The summed E-state index contributed by atoms with van der Waals surface area (Å²) in [5.41, 5.74) is -0.312. The lowest BCUT2D eigenvalue weighted by atomic mass is 10.2. The molecule has 4 rings (SSSR count). The van der Waals surface area contributed by atoms with E-state index in [0.29, 0.717) is 56.6 Å². The zero-order valence-electron chi connectivity index (χ0n) is 15.7. The van der Waals surface area contributed by atoms with Crippen LogP contribution in [0.2, 0.25) is 5.02 Å². The second-order valence-electron chi connectivity index (χ2n) is 6.79. The number of ether oxygens (including phenoxy) is 2. The third-order valence-electron chi connectivity index (χ3n) is 4.81. The number of hydrogen-bond donors (Lipinski definition) is 1. The number of hydrogen-bond acceptors (Lipinski definition) is 5. The number of piperazine rings is 1. The van der Waals surface area contributed by atoms with Gasteiger partial charge in [-0.3, -0.25) is 0 Å². The fourth-order valence-electron chi connectivity index (χ4n) is 3.26. The van der Waals surface area contributed by atoms with Gasteiger partial charge in [0.05, 0.1) is 10.6 Å². The van der Waals surface area contributed by atoms with Crippen molar-refractivity contribution in [3.63, 3.8) is 0 Å². The van der Waals surface area contributed by atoms with Crippen molar-refractivity contribution in [2.75, 3.05) is 49.6 Å². The minimum Gasteiger partial charge on any atom is -0.486 e. The van der Waals surface area contributed by atoms with E-state index in [1.807, 2.05) is 0 Å². The third kappa shape index (κ3) is 4.33. The summed E-state index contributed by atoms with van der Waals surface area (Å²) in [5, 5.41) is 2.75. The van der Waals surface area contributed by atoms with Crippen molar-refractivity contribution in [2.45, 2.75) is 6.18 Å². The topological polar surface area (TPSA) is 66.9 Å². The average Bonchev–Trinajstić information content (AvgIpc) is 2.73. The highest BCUT2D eigenvalue weighted by Gasteiger charge is 2.32. The normalized spacial score (nSPS) is 16.4. The number of amides is 2. The van der Waals surface area contributed by atoms with Crippen molar-refractivity contribution >= 4 is 29.1 Å². The molecule has 7 nitrogen and oxygen atoms in total. The van der Waals surface area contributed by atoms with Crippen LogP contribution in [0.5, 0.6) is 11.5 Å². The van der Waals surface area contributed by atoms with E-state index < -0.39 is 11.7 Å². The number of carbonyl (C=O) groups excluding carboxylic acids is 1. The molecule has 1 saturated heterocycles. The Kier molecular flexibility index (Phi) is 5.50. The van der Waals surface area contributed by atoms with Gasteiger partial charge >= 0.3 is 12.2 Å². The summed E-state index contributed by atoms with van der Waals surface area (Å²) >= 11 is 6.01. The van der Waals surface area contributed by atoms with Crippen LogP contribution in [-0.2, 0) is 6.18 Å².